The zero-order valence-electron chi connectivity index (χ0n) is 4.10. The van der Waals surface area contributed by atoms with Crippen molar-refractivity contribution >= 4 is 0 Å². The smallest absolute Gasteiger partial charge is 0.0515 e. The van der Waals surface area contributed by atoms with Crippen molar-refractivity contribution in [2.24, 2.45) is 5.84 Å². The summed E-state index contributed by atoms with van der Waals surface area (Å²) >= 11 is 0. The standard InChI is InChI=1S/C3H9N3O/c1-3(6-7)2-5-4/h2,5-7H,4H2,1H3/b3-2-. The fourth-order valence-corrected chi connectivity index (χ4v) is 0.157. The minimum Gasteiger partial charge on any atom is -0.330 e. The summed E-state index contributed by atoms with van der Waals surface area (Å²) in [4.78, 5) is 0. The van der Waals surface area contributed by atoms with Crippen molar-refractivity contribution in [2.75, 3.05) is 0 Å². The molecule has 4 heteroatoms. The molecule has 0 aromatic heterocycles. The average molecular weight is 103 g/mol. The van der Waals surface area contributed by atoms with E-state index in [1.54, 1.807) is 6.92 Å². The second-order valence-corrected chi connectivity index (χ2v) is 1.11. The summed E-state index contributed by atoms with van der Waals surface area (Å²) in [5.74, 6) is 4.83. The van der Waals surface area contributed by atoms with E-state index in [4.69, 9.17) is 11.0 Å². The van der Waals surface area contributed by atoms with E-state index in [0.717, 1.165) is 0 Å². The fourth-order valence-electron chi connectivity index (χ4n) is 0.157. The van der Waals surface area contributed by atoms with Gasteiger partial charge >= 0.3 is 0 Å². The van der Waals surface area contributed by atoms with Gasteiger partial charge in [-0.2, -0.15) is 0 Å². The first-order valence-electron chi connectivity index (χ1n) is 1.84. The zero-order valence-corrected chi connectivity index (χ0v) is 4.10. The Hall–Kier alpha value is -0.740. The van der Waals surface area contributed by atoms with Crippen LogP contribution in [0, 0.1) is 0 Å². The predicted molar refractivity (Wildman–Crippen MR) is 26.0 cm³/mol. The molecule has 0 saturated carbocycles. The molecule has 0 aliphatic carbocycles. The maximum atomic E-state index is 8.05. The first kappa shape index (κ1) is 6.26. The third-order valence-electron chi connectivity index (χ3n) is 0.476. The summed E-state index contributed by atoms with van der Waals surface area (Å²) in [6, 6.07) is 0. The molecule has 0 aliphatic heterocycles. The second kappa shape index (κ2) is 3.45. The van der Waals surface area contributed by atoms with Crippen LogP contribution in [0.5, 0.6) is 0 Å². The first-order chi connectivity index (χ1) is 3.31. The lowest BCUT2D eigenvalue weighted by Gasteiger charge is -1.93. The molecule has 0 aromatic carbocycles. The first-order valence-corrected chi connectivity index (χ1v) is 1.84. The molecule has 0 radical (unpaired) electrons. The molecule has 0 atom stereocenters. The van der Waals surface area contributed by atoms with Crippen molar-refractivity contribution in [3.05, 3.63) is 11.9 Å². The van der Waals surface area contributed by atoms with E-state index < -0.39 is 0 Å². The Morgan fingerprint density at radius 1 is 1.86 bits per heavy atom. The van der Waals surface area contributed by atoms with E-state index in [1.165, 1.54) is 6.20 Å². The van der Waals surface area contributed by atoms with Crippen LogP contribution in [0.15, 0.2) is 11.9 Å². The molecule has 0 aliphatic rings. The Morgan fingerprint density at radius 3 is 2.57 bits per heavy atom. The van der Waals surface area contributed by atoms with Crippen LogP contribution in [0.1, 0.15) is 6.92 Å². The molecule has 0 heterocycles. The topological polar surface area (TPSA) is 70.3 Å². The molecule has 0 spiro atoms. The van der Waals surface area contributed by atoms with Crippen molar-refractivity contribution in [2.45, 2.75) is 6.92 Å². The molecule has 0 rings (SSSR count). The van der Waals surface area contributed by atoms with Crippen molar-refractivity contribution in [3.8, 4) is 0 Å². The van der Waals surface area contributed by atoms with Gasteiger partial charge < -0.3 is 5.43 Å². The highest BCUT2D eigenvalue weighted by atomic mass is 16.5. The van der Waals surface area contributed by atoms with Gasteiger partial charge in [0.25, 0.3) is 0 Å². The van der Waals surface area contributed by atoms with Crippen molar-refractivity contribution in [3.63, 3.8) is 0 Å². The highest BCUT2D eigenvalue weighted by molar-refractivity contribution is 4.88. The number of hydrogen-bond acceptors (Lipinski definition) is 4. The van der Waals surface area contributed by atoms with Crippen LogP contribution < -0.4 is 16.7 Å². The van der Waals surface area contributed by atoms with Gasteiger partial charge in [0.1, 0.15) is 0 Å². The van der Waals surface area contributed by atoms with Crippen LogP contribution in [0.3, 0.4) is 0 Å². The molecule has 42 valence electrons. The number of hydrazine groups is 1. The van der Waals surface area contributed by atoms with Gasteiger partial charge in [-0.25, -0.2) is 0 Å². The number of rotatable bonds is 2. The van der Waals surface area contributed by atoms with Crippen LogP contribution >= 0.6 is 0 Å². The summed E-state index contributed by atoms with van der Waals surface area (Å²) in [5, 5.41) is 8.05. The summed E-state index contributed by atoms with van der Waals surface area (Å²) in [5.41, 5.74) is 4.69. The molecular weight excluding hydrogens is 94.1 g/mol. The quantitative estimate of drug-likeness (QED) is 0.275. The Morgan fingerprint density at radius 2 is 2.43 bits per heavy atom. The summed E-state index contributed by atoms with van der Waals surface area (Å²) in [7, 11) is 0. The maximum Gasteiger partial charge on any atom is 0.0515 e. The minimum atomic E-state index is 0.572. The minimum absolute atomic E-state index is 0.572. The van der Waals surface area contributed by atoms with Crippen LogP contribution in [-0.4, -0.2) is 5.21 Å². The highest BCUT2D eigenvalue weighted by Crippen LogP contribution is 1.74. The predicted octanol–water partition coefficient (Wildman–Crippen LogP) is -0.710. The third kappa shape index (κ3) is 3.08. The molecule has 0 fully saturated rings. The lowest BCUT2D eigenvalue weighted by molar-refractivity contribution is 0.200. The molecule has 4 nitrogen and oxygen atoms in total. The van der Waals surface area contributed by atoms with Gasteiger partial charge in [0, 0.05) is 6.20 Å². The lowest BCUT2D eigenvalue weighted by Crippen LogP contribution is -2.17. The van der Waals surface area contributed by atoms with Gasteiger partial charge in [-0.1, -0.05) is 0 Å². The molecule has 0 bridgehead atoms. The summed E-state index contributed by atoms with van der Waals surface area (Å²) in [6.07, 6.45) is 1.43. The van der Waals surface area contributed by atoms with Gasteiger partial charge in [-0.05, 0) is 6.92 Å². The number of nitrogens with one attached hydrogen (secondary N) is 2. The number of hydroxylamine groups is 1. The Kier molecular flexibility index (Phi) is 3.09. The molecule has 0 amide bonds. The average Bonchev–Trinajstić information content (AvgIpc) is 1.68. The molecule has 0 unspecified atom stereocenters. The molecule has 0 aromatic rings. The van der Waals surface area contributed by atoms with Crippen molar-refractivity contribution in [1.29, 1.82) is 0 Å². The van der Waals surface area contributed by atoms with Gasteiger partial charge in [0.15, 0.2) is 0 Å². The lowest BCUT2D eigenvalue weighted by atomic mass is 10.6. The van der Waals surface area contributed by atoms with E-state index in [1.807, 2.05) is 5.48 Å². The Balaban J connectivity index is 3.29. The van der Waals surface area contributed by atoms with E-state index in [2.05, 4.69) is 5.43 Å². The number of allylic oxidation sites excluding steroid dienone is 1. The Labute approximate surface area is 41.9 Å². The van der Waals surface area contributed by atoms with Crippen LogP contribution in [0.4, 0.5) is 0 Å². The molecule has 0 saturated heterocycles. The second-order valence-electron chi connectivity index (χ2n) is 1.11. The van der Waals surface area contributed by atoms with E-state index in [-0.39, 0.29) is 0 Å². The number of hydrogen-bond donors (Lipinski definition) is 4. The van der Waals surface area contributed by atoms with Gasteiger partial charge in [0.05, 0.1) is 5.70 Å². The maximum absolute atomic E-state index is 8.05. The van der Waals surface area contributed by atoms with E-state index in [9.17, 15) is 0 Å². The van der Waals surface area contributed by atoms with Crippen LogP contribution in [0.25, 0.3) is 0 Å². The molecule has 7 heavy (non-hydrogen) atoms. The molecular formula is C3H9N3O. The van der Waals surface area contributed by atoms with Crippen molar-refractivity contribution in [1.82, 2.24) is 10.9 Å². The largest absolute Gasteiger partial charge is 0.330 e. The monoisotopic (exact) mass is 103 g/mol. The van der Waals surface area contributed by atoms with E-state index in [0.29, 0.717) is 5.70 Å². The highest BCUT2D eigenvalue weighted by Gasteiger charge is 1.74. The van der Waals surface area contributed by atoms with Gasteiger partial charge in [-0.15, -0.1) is 0 Å². The van der Waals surface area contributed by atoms with Crippen molar-refractivity contribution < 1.29 is 5.21 Å². The van der Waals surface area contributed by atoms with E-state index >= 15 is 0 Å². The summed E-state index contributed by atoms with van der Waals surface area (Å²) < 4.78 is 0. The van der Waals surface area contributed by atoms with Crippen LogP contribution in [0.2, 0.25) is 0 Å². The SMILES string of the molecule is C/C(=C/NN)NO. The van der Waals surface area contributed by atoms with Crippen LogP contribution in [-0.2, 0) is 0 Å². The van der Waals surface area contributed by atoms with Gasteiger partial charge in [0.2, 0.25) is 0 Å². The molecule has 5 N–H and O–H groups in total. The Bertz CT molecular complexity index is 70.6. The third-order valence-corrected chi connectivity index (χ3v) is 0.476. The zero-order chi connectivity index (χ0) is 5.70. The normalized spacial score (nSPS) is 11.0. The fraction of sp³-hybridized carbons (Fsp3) is 0.333. The van der Waals surface area contributed by atoms with Gasteiger partial charge in [-0.3, -0.25) is 16.5 Å². The summed E-state index contributed by atoms with van der Waals surface area (Å²) in [6.45, 7) is 1.67. The number of nitrogens with two attached hydrogens (primary N) is 1.